The van der Waals surface area contributed by atoms with Gasteiger partial charge < -0.3 is 0 Å². The van der Waals surface area contributed by atoms with Crippen LogP contribution >= 0.6 is 0 Å². The Balaban J connectivity index is 1.05. The molecule has 0 radical (unpaired) electrons. The molecule has 12 heteroatoms. The average Bonchev–Trinajstić information content (AvgIpc) is 3.25. The Labute approximate surface area is 393 Å². The van der Waals surface area contributed by atoms with Crippen LogP contribution in [0.5, 0.6) is 0 Å². The van der Waals surface area contributed by atoms with Crippen molar-refractivity contribution in [2.45, 2.75) is 105 Å². The smallest absolute Gasteiger partial charge is 0.268 e. The Morgan fingerprint density at radius 3 is 0.706 bits per heavy atom. The van der Waals surface area contributed by atoms with E-state index >= 15 is 0 Å². The molecule has 0 aliphatic carbocycles. The van der Waals surface area contributed by atoms with Crippen LogP contribution < -0.4 is 9.80 Å². The van der Waals surface area contributed by atoms with Crippen LogP contribution in [0.25, 0.3) is 21.5 Å². The van der Waals surface area contributed by atoms with Crippen LogP contribution in [-0.2, 0) is 21.7 Å². The van der Waals surface area contributed by atoms with Crippen molar-refractivity contribution in [1.29, 1.82) is 0 Å². The number of hydrogen-bond acceptors (Lipinski definition) is 8. The molecule has 6 aromatic rings. The molecule has 8 amide bonds. The highest BCUT2D eigenvalue weighted by molar-refractivity contribution is 6.42. The lowest BCUT2D eigenvalue weighted by Crippen LogP contribution is -2.58. The van der Waals surface area contributed by atoms with Crippen molar-refractivity contribution < 1.29 is 38.4 Å². The quantitative estimate of drug-likeness (QED) is 0.159. The molecule has 6 aromatic carbocycles. The van der Waals surface area contributed by atoms with Crippen molar-refractivity contribution in [3.63, 3.8) is 0 Å². The standard InChI is InChI=1S/C56H50N4O8/c1-53(2,3)27-13-23-37(55(7,8)9)39(25-27)57-45(61)29-15-19-33-43-34(20-16-30(41(29)43)46(57)62)50(66)59(49(33)65)60-51(67)35-21-17-31-42-32(18-22-36(44(35)42)52(60)68)48(64)58(47(31)63)40-26-28(54(4,5)6)14-24-38(40)56(10,11)12/h13-26H,1-12H3. The third-order valence-electron chi connectivity index (χ3n) is 13.8. The molecule has 4 aliphatic heterocycles. The van der Waals surface area contributed by atoms with Crippen molar-refractivity contribution in [3.8, 4) is 0 Å². The zero-order valence-electron chi connectivity index (χ0n) is 40.1. The molecular formula is C56H50N4O8. The SMILES string of the molecule is CC(C)(C)c1ccc(C(C)(C)C)c(N2C(=O)c3ccc4c5c(ccc(c35)C2=O)C(=O)N(N2C(=O)c3ccc5c6c(ccc(c36)C2=O)C(=O)N(c2cc(C(C)(C)C)ccc2C(C)(C)C)C5=O)C4=O)c1. The van der Waals surface area contributed by atoms with Crippen LogP contribution in [0.1, 0.15) is 188 Å². The number of rotatable bonds is 3. The van der Waals surface area contributed by atoms with Crippen LogP contribution in [0, 0.1) is 0 Å². The van der Waals surface area contributed by atoms with E-state index in [1.165, 1.54) is 58.3 Å². The largest absolute Gasteiger partial charge is 0.281 e. The Morgan fingerprint density at radius 2 is 0.500 bits per heavy atom. The summed E-state index contributed by atoms with van der Waals surface area (Å²) in [7, 11) is 0. The first-order chi connectivity index (χ1) is 31.6. The van der Waals surface area contributed by atoms with Crippen molar-refractivity contribution in [2.24, 2.45) is 0 Å². The van der Waals surface area contributed by atoms with Crippen LogP contribution in [0.15, 0.2) is 84.9 Å². The van der Waals surface area contributed by atoms with E-state index in [1.807, 2.05) is 119 Å². The average molecular weight is 907 g/mol. The fourth-order valence-electron chi connectivity index (χ4n) is 10.2. The molecule has 0 saturated heterocycles. The monoisotopic (exact) mass is 906 g/mol. The lowest BCUT2D eigenvalue weighted by Gasteiger charge is -2.38. The molecule has 0 atom stereocenters. The molecule has 12 nitrogen and oxygen atoms in total. The molecule has 0 bridgehead atoms. The molecule has 0 fully saturated rings. The Morgan fingerprint density at radius 1 is 0.279 bits per heavy atom. The van der Waals surface area contributed by atoms with E-state index in [2.05, 4.69) is 0 Å². The van der Waals surface area contributed by atoms with Gasteiger partial charge in [0.1, 0.15) is 0 Å². The molecule has 342 valence electrons. The predicted molar refractivity (Wildman–Crippen MR) is 259 cm³/mol. The summed E-state index contributed by atoms with van der Waals surface area (Å²) in [6.07, 6.45) is 0. The highest BCUT2D eigenvalue weighted by Crippen LogP contribution is 2.46. The van der Waals surface area contributed by atoms with Gasteiger partial charge in [-0.15, -0.1) is 0 Å². The predicted octanol–water partition coefficient (Wildman–Crippen LogP) is 10.6. The maximum absolute atomic E-state index is 14.7. The number of nitrogens with zero attached hydrogens (tertiary/aromatic N) is 4. The summed E-state index contributed by atoms with van der Waals surface area (Å²) in [5.74, 6) is -6.61. The molecule has 0 N–H and O–H groups in total. The highest BCUT2D eigenvalue weighted by Gasteiger charge is 2.49. The lowest BCUT2D eigenvalue weighted by atomic mass is 9.80. The Hall–Kier alpha value is -7.60. The van der Waals surface area contributed by atoms with Gasteiger partial charge in [-0.3, -0.25) is 38.4 Å². The van der Waals surface area contributed by atoms with E-state index < -0.39 is 58.1 Å². The minimum Gasteiger partial charge on any atom is -0.268 e. The summed E-state index contributed by atoms with van der Waals surface area (Å²) in [6, 6.07) is 22.8. The molecule has 4 aliphatic rings. The number of anilines is 2. The Bertz CT molecular complexity index is 3090. The number of benzene rings is 6. The van der Waals surface area contributed by atoms with Crippen molar-refractivity contribution in [3.05, 3.63) is 152 Å². The third kappa shape index (κ3) is 6.05. The van der Waals surface area contributed by atoms with Gasteiger partial charge in [-0.25, -0.2) is 9.80 Å². The maximum Gasteiger partial charge on any atom is 0.281 e. The van der Waals surface area contributed by atoms with Gasteiger partial charge in [-0.1, -0.05) is 107 Å². The molecule has 68 heavy (non-hydrogen) atoms. The fourth-order valence-corrected chi connectivity index (χ4v) is 10.2. The number of carbonyl (C=O) groups is 8. The van der Waals surface area contributed by atoms with E-state index in [0.29, 0.717) is 21.4 Å². The summed E-state index contributed by atoms with van der Waals surface area (Å²) in [4.78, 5) is 120. The van der Waals surface area contributed by atoms with Crippen molar-refractivity contribution in [2.75, 3.05) is 9.80 Å². The first-order valence-corrected chi connectivity index (χ1v) is 22.7. The van der Waals surface area contributed by atoms with E-state index in [9.17, 15) is 38.4 Å². The maximum atomic E-state index is 14.7. The number of carbonyl (C=O) groups excluding carboxylic acids is 8. The van der Waals surface area contributed by atoms with Crippen LogP contribution in [0.4, 0.5) is 11.4 Å². The second kappa shape index (κ2) is 14.0. The molecule has 0 unspecified atom stereocenters. The summed E-state index contributed by atoms with van der Waals surface area (Å²) >= 11 is 0. The molecule has 0 aromatic heterocycles. The van der Waals surface area contributed by atoms with Gasteiger partial charge in [0.05, 0.1) is 33.6 Å². The van der Waals surface area contributed by atoms with Crippen LogP contribution in [0.2, 0.25) is 0 Å². The van der Waals surface area contributed by atoms with Crippen molar-refractivity contribution in [1.82, 2.24) is 10.0 Å². The first kappa shape index (κ1) is 44.2. The van der Waals surface area contributed by atoms with Gasteiger partial charge in [0.25, 0.3) is 47.3 Å². The molecule has 0 spiro atoms. The zero-order valence-corrected chi connectivity index (χ0v) is 40.1. The topological polar surface area (TPSA) is 150 Å². The van der Waals surface area contributed by atoms with E-state index in [0.717, 1.165) is 22.3 Å². The second-order valence-corrected chi connectivity index (χ2v) is 22.3. The summed E-state index contributed by atoms with van der Waals surface area (Å²) < 4.78 is 0. The Kier molecular flexibility index (Phi) is 9.09. The van der Waals surface area contributed by atoms with Gasteiger partial charge in [-0.2, -0.15) is 10.0 Å². The van der Waals surface area contributed by atoms with E-state index in [-0.39, 0.29) is 76.9 Å². The van der Waals surface area contributed by atoms with Crippen LogP contribution in [-0.4, -0.2) is 57.3 Å². The third-order valence-corrected chi connectivity index (χ3v) is 13.8. The number of hydrogen-bond donors (Lipinski definition) is 0. The van der Waals surface area contributed by atoms with Gasteiger partial charge in [-0.05, 0) is 105 Å². The summed E-state index contributed by atoms with van der Waals surface area (Å²) in [5.41, 5.74) is 2.75. The second-order valence-electron chi connectivity index (χ2n) is 22.3. The minimum absolute atomic E-state index is 0.0622. The van der Waals surface area contributed by atoms with Gasteiger partial charge in [0, 0.05) is 43.8 Å². The van der Waals surface area contributed by atoms with Crippen LogP contribution in [0.3, 0.4) is 0 Å². The summed E-state index contributed by atoms with van der Waals surface area (Å²) in [5, 5.41) is 1.36. The zero-order chi connectivity index (χ0) is 49.2. The van der Waals surface area contributed by atoms with Gasteiger partial charge in [0.2, 0.25) is 0 Å². The molecule has 0 saturated carbocycles. The lowest BCUT2D eigenvalue weighted by molar-refractivity contribution is 0.00212. The first-order valence-electron chi connectivity index (χ1n) is 22.7. The fraction of sp³-hybridized carbons (Fsp3) is 0.286. The minimum atomic E-state index is -1.02. The normalized spacial score (nSPS) is 16.4. The van der Waals surface area contributed by atoms with Crippen molar-refractivity contribution >= 4 is 80.2 Å². The molecular weight excluding hydrogens is 857 g/mol. The highest BCUT2D eigenvalue weighted by atomic mass is 16.2. The molecule has 10 rings (SSSR count). The van der Waals surface area contributed by atoms with E-state index in [4.69, 9.17) is 0 Å². The number of amides is 8. The van der Waals surface area contributed by atoms with Gasteiger partial charge >= 0.3 is 0 Å². The molecule has 4 heterocycles. The number of imide groups is 4. The summed E-state index contributed by atoms with van der Waals surface area (Å²) in [6.45, 7) is 24.2. The van der Waals surface area contributed by atoms with E-state index in [1.54, 1.807) is 0 Å². The number of hydrazine groups is 1. The van der Waals surface area contributed by atoms with Gasteiger partial charge in [0.15, 0.2) is 0 Å².